The largest absolute Gasteiger partial charge is 0.493 e. The molecule has 1 aromatic rings. The average Bonchev–Trinajstić information content (AvgIpc) is 2.46. The molecule has 1 atom stereocenters. The summed E-state index contributed by atoms with van der Waals surface area (Å²) in [4.78, 5) is 0.323. The van der Waals surface area contributed by atoms with Crippen molar-refractivity contribution in [1.29, 1.82) is 0 Å². The van der Waals surface area contributed by atoms with Crippen molar-refractivity contribution in [1.82, 2.24) is 0 Å². The highest BCUT2D eigenvalue weighted by Crippen LogP contribution is 2.50. The van der Waals surface area contributed by atoms with Crippen LogP contribution in [0.25, 0.3) is 0 Å². The van der Waals surface area contributed by atoms with E-state index >= 15 is 0 Å². The molecule has 0 heterocycles. The molecule has 2 rings (SSSR count). The normalized spacial score (nSPS) is 21.5. The maximum atomic E-state index is 5.63. The summed E-state index contributed by atoms with van der Waals surface area (Å²) in [6.45, 7) is 6.84. The van der Waals surface area contributed by atoms with E-state index in [-0.39, 0.29) is 0 Å². The van der Waals surface area contributed by atoms with E-state index in [9.17, 15) is 0 Å². The molecule has 0 amide bonds. The Kier molecular flexibility index (Phi) is 4.14. The number of alkyl halides is 1. The average molecular weight is 327 g/mol. The minimum atomic E-state index is 0.323. The second-order valence-electron chi connectivity index (χ2n) is 6.16. The zero-order valence-corrected chi connectivity index (χ0v) is 14.1. The molecular formula is C16H23BrO2. The second-order valence-corrected chi connectivity index (χ2v) is 7.26. The zero-order chi connectivity index (χ0) is 14.2. The molecule has 0 fully saturated rings. The number of benzene rings is 1. The number of fused-ring (bicyclic) bond motifs is 1. The fraction of sp³-hybridized carbons (Fsp3) is 0.625. The molecule has 1 aliphatic rings. The van der Waals surface area contributed by atoms with Crippen molar-refractivity contribution in [3.63, 3.8) is 0 Å². The summed E-state index contributed by atoms with van der Waals surface area (Å²) in [6, 6.07) is 2.09. The maximum Gasteiger partial charge on any atom is 0.165 e. The molecule has 19 heavy (non-hydrogen) atoms. The molecule has 0 aromatic heterocycles. The van der Waals surface area contributed by atoms with Gasteiger partial charge in [-0.05, 0) is 48.8 Å². The lowest BCUT2D eigenvalue weighted by Crippen LogP contribution is -2.11. The van der Waals surface area contributed by atoms with E-state index in [2.05, 4.69) is 42.8 Å². The first-order chi connectivity index (χ1) is 8.89. The van der Waals surface area contributed by atoms with Crippen LogP contribution in [0, 0.1) is 12.3 Å². The van der Waals surface area contributed by atoms with Gasteiger partial charge in [0.15, 0.2) is 11.5 Å². The quantitative estimate of drug-likeness (QED) is 0.573. The lowest BCUT2D eigenvalue weighted by atomic mass is 9.84. The first kappa shape index (κ1) is 14.7. The van der Waals surface area contributed by atoms with E-state index in [4.69, 9.17) is 9.47 Å². The first-order valence-corrected chi connectivity index (χ1v) is 7.69. The van der Waals surface area contributed by atoms with Gasteiger partial charge in [-0.2, -0.15) is 0 Å². The summed E-state index contributed by atoms with van der Waals surface area (Å²) >= 11 is 3.87. The van der Waals surface area contributed by atoms with E-state index in [0.717, 1.165) is 24.3 Å². The number of ether oxygens (including phenoxy) is 2. The number of aryl methyl sites for hydroxylation is 1. The third-order valence-corrected chi connectivity index (χ3v) is 4.92. The molecule has 0 spiro atoms. The van der Waals surface area contributed by atoms with Gasteiger partial charge < -0.3 is 9.47 Å². The Morgan fingerprint density at radius 3 is 2.53 bits per heavy atom. The lowest BCUT2D eigenvalue weighted by molar-refractivity contribution is 0.314. The van der Waals surface area contributed by atoms with Crippen LogP contribution in [0.5, 0.6) is 11.5 Å². The van der Waals surface area contributed by atoms with E-state index in [1.807, 2.05) is 0 Å². The maximum absolute atomic E-state index is 5.63. The molecule has 1 aromatic carbocycles. The standard InChI is InChI=1S/C16H23BrO2/c1-10-8-13(18-4)15(19-5)14-11(10)6-7-16(2,3)9-12(14)17/h8,12H,6-7,9H2,1-5H3. The number of hydrogen-bond donors (Lipinski definition) is 0. The molecule has 0 N–H and O–H groups in total. The van der Waals surface area contributed by atoms with Gasteiger partial charge in [0.2, 0.25) is 0 Å². The Bertz CT molecular complexity index is 480. The van der Waals surface area contributed by atoms with Crippen LogP contribution < -0.4 is 9.47 Å². The first-order valence-electron chi connectivity index (χ1n) is 6.78. The Morgan fingerprint density at radius 1 is 1.26 bits per heavy atom. The molecule has 3 heteroatoms. The smallest absolute Gasteiger partial charge is 0.165 e. The molecule has 0 saturated heterocycles. The summed E-state index contributed by atoms with van der Waals surface area (Å²) in [5, 5.41) is 0. The van der Waals surface area contributed by atoms with Crippen LogP contribution in [-0.2, 0) is 6.42 Å². The number of halogens is 1. The van der Waals surface area contributed by atoms with Gasteiger partial charge in [-0.25, -0.2) is 0 Å². The summed E-state index contributed by atoms with van der Waals surface area (Å²) in [6.07, 6.45) is 3.43. The Labute approximate surface area is 124 Å². The summed E-state index contributed by atoms with van der Waals surface area (Å²) in [5.41, 5.74) is 4.35. The minimum Gasteiger partial charge on any atom is -0.493 e. The molecule has 0 saturated carbocycles. The monoisotopic (exact) mass is 326 g/mol. The van der Waals surface area contributed by atoms with Gasteiger partial charge in [0.1, 0.15) is 0 Å². The molecule has 1 unspecified atom stereocenters. The van der Waals surface area contributed by atoms with Gasteiger partial charge in [0, 0.05) is 10.4 Å². The highest BCUT2D eigenvalue weighted by atomic mass is 79.9. The minimum absolute atomic E-state index is 0.323. The fourth-order valence-corrected chi connectivity index (χ4v) is 4.37. The van der Waals surface area contributed by atoms with Crippen LogP contribution in [0.2, 0.25) is 0 Å². The van der Waals surface area contributed by atoms with Crippen molar-refractivity contribution < 1.29 is 9.47 Å². The predicted octanol–water partition coefficient (Wildman–Crippen LogP) is 4.81. The SMILES string of the molecule is COc1cc(C)c2c(c1OC)C(Br)CC(C)(C)CC2. The predicted molar refractivity (Wildman–Crippen MR) is 82.7 cm³/mol. The van der Waals surface area contributed by atoms with Gasteiger partial charge in [0.05, 0.1) is 14.2 Å². The van der Waals surface area contributed by atoms with Crippen LogP contribution in [0.4, 0.5) is 0 Å². The van der Waals surface area contributed by atoms with Crippen LogP contribution in [0.15, 0.2) is 6.07 Å². The van der Waals surface area contributed by atoms with Crippen molar-refractivity contribution in [3.8, 4) is 11.5 Å². The Hall–Kier alpha value is -0.700. The highest BCUT2D eigenvalue weighted by molar-refractivity contribution is 9.09. The van der Waals surface area contributed by atoms with E-state index in [0.29, 0.717) is 10.2 Å². The molecular weight excluding hydrogens is 304 g/mol. The third-order valence-electron chi connectivity index (χ3n) is 4.14. The second kappa shape index (κ2) is 5.35. The number of rotatable bonds is 2. The highest BCUT2D eigenvalue weighted by Gasteiger charge is 2.32. The van der Waals surface area contributed by atoms with Crippen molar-refractivity contribution >= 4 is 15.9 Å². The van der Waals surface area contributed by atoms with Gasteiger partial charge in [-0.15, -0.1) is 0 Å². The van der Waals surface area contributed by atoms with E-state index in [1.54, 1.807) is 14.2 Å². The number of hydrogen-bond acceptors (Lipinski definition) is 2. The lowest BCUT2D eigenvalue weighted by Gasteiger charge is -2.24. The van der Waals surface area contributed by atoms with Crippen molar-refractivity contribution in [2.24, 2.45) is 5.41 Å². The molecule has 2 nitrogen and oxygen atoms in total. The molecule has 0 aliphatic heterocycles. The Balaban J connectivity index is 2.62. The Morgan fingerprint density at radius 2 is 1.95 bits per heavy atom. The van der Waals surface area contributed by atoms with Crippen molar-refractivity contribution in [2.75, 3.05) is 14.2 Å². The van der Waals surface area contributed by atoms with Crippen LogP contribution in [0.1, 0.15) is 48.2 Å². The summed E-state index contributed by atoms with van der Waals surface area (Å²) in [7, 11) is 3.43. The topological polar surface area (TPSA) is 18.5 Å². The summed E-state index contributed by atoms with van der Waals surface area (Å²) < 4.78 is 11.1. The van der Waals surface area contributed by atoms with E-state index < -0.39 is 0 Å². The molecule has 0 radical (unpaired) electrons. The van der Waals surface area contributed by atoms with Crippen molar-refractivity contribution in [2.45, 2.75) is 44.9 Å². The molecule has 0 bridgehead atoms. The zero-order valence-electron chi connectivity index (χ0n) is 12.5. The molecule has 106 valence electrons. The summed E-state index contributed by atoms with van der Waals surface area (Å²) in [5.74, 6) is 1.73. The van der Waals surface area contributed by atoms with Gasteiger partial charge >= 0.3 is 0 Å². The number of methoxy groups -OCH3 is 2. The van der Waals surface area contributed by atoms with Crippen LogP contribution in [0.3, 0.4) is 0 Å². The van der Waals surface area contributed by atoms with Gasteiger partial charge in [0.25, 0.3) is 0 Å². The van der Waals surface area contributed by atoms with Gasteiger partial charge in [-0.3, -0.25) is 0 Å². The van der Waals surface area contributed by atoms with Crippen LogP contribution >= 0.6 is 15.9 Å². The molecule has 1 aliphatic carbocycles. The van der Waals surface area contributed by atoms with Gasteiger partial charge in [-0.1, -0.05) is 29.8 Å². The van der Waals surface area contributed by atoms with Crippen molar-refractivity contribution in [3.05, 3.63) is 22.8 Å². The fourth-order valence-electron chi connectivity index (χ4n) is 3.01. The van der Waals surface area contributed by atoms with Crippen LogP contribution in [-0.4, -0.2) is 14.2 Å². The third kappa shape index (κ3) is 2.76. The van der Waals surface area contributed by atoms with E-state index in [1.165, 1.54) is 23.1 Å².